The quantitative estimate of drug-likeness (QED) is 0.553. The molecule has 0 aliphatic carbocycles. The highest BCUT2D eigenvalue weighted by atomic mass is 16.3. The summed E-state index contributed by atoms with van der Waals surface area (Å²) in [6.07, 6.45) is 0. The van der Waals surface area contributed by atoms with Gasteiger partial charge in [0.25, 0.3) is 0 Å². The minimum absolute atomic E-state index is 0.0686. The maximum absolute atomic E-state index is 9.62. The molecule has 16 heavy (non-hydrogen) atoms. The summed E-state index contributed by atoms with van der Waals surface area (Å²) in [5, 5.41) is 37.7. The number of para-hydroxylation sites is 1. The van der Waals surface area contributed by atoms with Gasteiger partial charge in [0.1, 0.15) is 11.5 Å². The monoisotopic (exact) mass is 218 g/mol. The van der Waals surface area contributed by atoms with E-state index < -0.39 is 0 Å². The Hall–Kier alpha value is -2.36. The van der Waals surface area contributed by atoms with Crippen LogP contribution in [0.15, 0.2) is 36.4 Å². The van der Waals surface area contributed by atoms with E-state index in [1.807, 2.05) is 0 Å². The van der Waals surface area contributed by atoms with Crippen LogP contribution in [0.25, 0.3) is 11.1 Å². The van der Waals surface area contributed by atoms with E-state index in [0.29, 0.717) is 11.1 Å². The number of aromatic hydroxyl groups is 4. The van der Waals surface area contributed by atoms with E-state index >= 15 is 0 Å². The van der Waals surface area contributed by atoms with Gasteiger partial charge in [-0.2, -0.15) is 0 Å². The predicted octanol–water partition coefficient (Wildman–Crippen LogP) is 2.18. The van der Waals surface area contributed by atoms with E-state index in [1.54, 1.807) is 12.1 Å². The topological polar surface area (TPSA) is 80.9 Å². The number of hydrogen-bond donors (Lipinski definition) is 4. The summed E-state index contributed by atoms with van der Waals surface area (Å²) >= 11 is 0. The van der Waals surface area contributed by atoms with Crippen LogP contribution in [0.4, 0.5) is 0 Å². The van der Waals surface area contributed by atoms with Gasteiger partial charge in [0, 0.05) is 17.2 Å². The predicted molar refractivity (Wildman–Crippen MR) is 58.5 cm³/mol. The molecule has 2 aromatic rings. The second-order valence-corrected chi connectivity index (χ2v) is 3.37. The molecule has 0 unspecified atom stereocenters. The van der Waals surface area contributed by atoms with Gasteiger partial charge in [0.2, 0.25) is 0 Å². The molecule has 0 bridgehead atoms. The van der Waals surface area contributed by atoms with Crippen LogP contribution in [-0.2, 0) is 0 Å². The second kappa shape index (κ2) is 3.66. The van der Waals surface area contributed by atoms with Crippen molar-refractivity contribution in [1.29, 1.82) is 0 Å². The van der Waals surface area contributed by atoms with Crippen molar-refractivity contribution >= 4 is 0 Å². The average molecular weight is 218 g/mol. The molecule has 0 aliphatic rings. The molecule has 0 fully saturated rings. The molecule has 4 nitrogen and oxygen atoms in total. The zero-order valence-corrected chi connectivity index (χ0v) is 8.25. The maximum Gasteiger partial charge on any atom is 0.165 e. The fourth-order valence-electron chi connectivity index (χ4n) is 1.50. The highest BCUT2D eigenvalue weighted by Gasteiger charge is 2.11. The summed E-state index contributed by atoms with van der Waals surface area (Å²) in [7, 11) is 0. The standard InChI is InChI=1S/C12H10O4/c13-7-4-5-8(11(15)6-7)9-2-1-3-10(14)12(9)16/h1-6,13-16H. The SMILES string of the molecule is Oc1ccc(-c2cccc(O)c2O)c(O)c1. The van der Waals surface area contributed by atoms with E-state index in [9.17, 15) is 15.3 Å². The largest absolute Gasteiger partial charge is 0.508 e. The van der Waals surface area contributed by atoms with Crippen LogP contribution in [0.3, 0.4) is 0 Å². The van der Waals surface area contributed by atoms with Gasteiger partial charge in [-0.05, 0) is 18.2 Å². The van der Waals surface area contributed by atoms with Crippen molar-refractivity contribution in [3.63, 3.8) is 0 Å². The van der Waals surface area contributed by atoms with Crippen LogP contribution in [0.2, 0.25) is 0 Å². The smallest absolute Gasteiger partial charge is 0.165 e. The molecule has 0 aromatic heterocycles. The van der Waals surface area contributed by atoms with Crippen LogP contribution >= 0.6 is 0 Å². The normalized spacial score (nSPS) is 10.2. The Morgan fingerprint density at radius 3 is 2.12 bits per heavy atom. The molecule has 82 valence electrons. The van der Waals surface area contributed by atoms with Gasteiger partial charge in [0.05, 0.1) is 0 Å². The van der Waals surface area contributed by atoms with Crippen molar-refractivity contribution < 1.29 is 20.4 Å². The van der Waals surface area contributed by atoms with Crippen LogP contribution in [0.1, 0.15) is 0 Å². The summed E-state index contributed by atoms with van der Waals surface area (Å²) in [6.45, 7) is 0. The third-order valence-corrected chi connectivity index (χ3v) is 2.29. The van der Waals surface area contributed by atoms with Gasteiger partial charge in [-0.1, -0.05) is 12.1 Å². The molecule has 4 heteroatoms. The maximum atomic E-state index is 9.62. The Morgan fingerprint density at radius 2 is 1.44 bits per heavy atom. The van der Waals surface area contributed by atoms with Crippen molar-refractivity contribution in [2.24, 2.45) is 0 Å². The molecule has 0 amide bonds. The minimum atomic E-state index is -0.302. The number of benzene rings is 2. The van der Waals surface area contributed by atoms with E-state index in [1.165, 1.54) is 24.3 Å². The first-order valence-corrected chi connectivity index (χ1v) is 4.63. The third kappa shape index (κ3) is 1.61. The van der Waals surface area contributed by atoms with Gasteiger partial charge in [0.15, 0.2) is 11.5 Å². The molecule has 0 saturated heterocycles. The van der Waals surface area contributed by atoms with Crippen molar-refractivity contribution in [1.82, 2.24) is 0 Å². The molecular formula is C12H10O4. The number of phenolic OH excluding ortho intramolecular Hbond substituents is 4. The van der Waals surface area contributed by atoms with Crippen LogP contribution in [0, 0.1) is 0 Å². The first-order valence-electron chi connectivity index (χ1n) is 4.63. The van der Waals surface area contributed by atoms with Crippen LogP contribution < -0.4 is 0 Å². The Labute approximate surface area is 91.7 Å². The summed E-state index contributed by atoms with van der Waals surface area (Å²) < 4.78 is 0. The summed E-state index contributed by atoms with van der Waals surface area (Å²) in [5.41, 5.74) is 0.642. The number of phenols is 4. The molecule has 0 aliphatic heterocycles. The van der Waals surface area contributed by atoms with Gasteiger partial charge in [-0.15, -0.1) is 0 Å². The highest BCUT2D eigenvalue weighted by Crippen LogP contribution is 2.40. The lowest BCUT2D eigenvalue weighted by Gasteiger charge is -2.08. The van der Waals surface area contributed by atoms with Gasteiger partial charge < -0.3 is 20.4 Å². The number of rotatable bonds is 1. The van der Waals surface area contributed by atoms with Crippen molar-refractivity contribution in [3.8, 4) is 34.1 Å². The van der Waals surface area contributed by atoms with Crippen molar-refractivity contribution in [2.75, 3.05) is 0 Å². The first-order chi connectivity index (χ1) is 7.59. The van der Waals surface area contributed by atoms with Crippen molar-refractivity contribution in [3.05, 3.63) is 36.4 Å². The average Bonchev–Trinajstić information content (AvgIpc) is 2.23. The zero-order chi connectivity index (χ0) is 11.7. The number of hydrogen-bond acceptors (Lipinski definition) is 4. The van der Waals surface area contributed by atoms with Gasteiger partial charge in [-0.3, -0.25) is 0 Å². The Morgan fingerprint density at radius 1 is 0.688 bits per heavy atom. The summed E-state index contributed by atoms with van der Waals surface area (Å²) in [6, 6.07) is 8.46. The fourth-order valence-corrected chi connectivity index (χ4v) is 1.50. The lowest BCUT2D eigenvalue weighted by atomic mass is 10.0. The summed E-state index contributed by atoms with van der Waals surface area (Å²) in [4.78, 5) is 0. The van der Waals surface area contributed by atoms with Gasteiger partial charge >= 0.3 is 0 Å². The van der Waals surface area contributed by atoms with Gasteiger partial charge in [-0.25, -0.2) is 0 Å². The molecule has 0 radical (unpaired) electrons. The molecule has 2 rings (SSSR count). The highest BCUT2D eigenvalue weighted by molar-refractivity contribution is 5.78. The molecule has 0 heterocycles. The Kier molecular flexibility index (Phi) is 2.32. The molecule has 4 N–H and O–H groups in total. The van der Waals surface area contributed by atoms with E-state index in [2.05, 4.69) is 0 Å². The van der Waals surface area contributed by atoms with Crippen LogP contribution in [0.5, 0.6) is 23.0 Å². The molecule has 0 atom stereocenters. The second-order valence-electron chi connectivity index (χ2n) is 3.37. The van der Waals surface area contributed by atoms with E-state index in [-0.39, 0.29) is 23.0 Å². The lowest BCUT2D eigenvalue weighted by Crippen LogP contribution is -1.81. The lowest BCUT2D eigenvalue weighted by molar-refractivity contribution is 0.404. The minimum Gasteiger partial charge on any atom is -0.508 e. The molecule has 0 saturated carbocycles. The molecule has 0 spiro atoms. The Balaban J connectivity index is 2.63. The Bertz CT molecular complexity index is 535. The van der Waals surface area contributed by atoms with Crippen molar-refractivity contribution in [2.45, 2.75) is 0 Å². The third-order valence-electron chi connectivity index (χ3n) is 2.29. The van der Waals surface area contributed by atoms with E-state index in [4.69, 9.17) is 5.11 Å². The fraction of sp³-hybridized carbons (Fsp3) is 0. The molecular weight excluding hydrogens is 208 g/mol. The first kappa shape index (κ1) is 10.2. The summed E-state index contributed by atoms with van der Waals surface area (Å²) in [5.74, 6) is -0.796. The van der Waals surface area contributed by atoms with Crippen LogP contribution in [-0.4, -0.2) is 20.4 Å². The zero-order valence-electron chi connectivity index (χ0n) is 8.25. The molecule has 2 aromatic carbocycles. The van der Waals surface area contributed by atoms with E-state index in [0.717, 1.165) is 0 Å².